The number of nitro benzene ring substituents is 1. The van der Waals surface area contributed by atoms with Crippen LogP contribution in [0.2, 0.25) is 0 Å². The van der Waals surface area contributed by atoms with Crippen LogP contribution in [-0.4, -0.2) is 15.8 Å². The highest BCUT2D eigenvalue weighted by molar-refractivity contribution is 7.14. The molecule has 0 unspecified atom stereocenters. The van der Waals surface area contributed by atoms with Gasteiger partial charge in [0.2, 0.25) is 0 Å². The van der Waals surface area contributed by atoms with Gasteiger partial charge in [0.25, 0.3) is 11.6 Å². The van der Waals surface area contributed by atoms with Crippen LogP contribution in [0.25, 0.3) is 21.6 Å². The maximum absolute atomic E-state index is 12.6. The third-order valence-electron chi connectivity index (χ3n) is 5.95. The van der Waals surface area contributed by atoms with Gasteiger partial charge in [0, 0.05) is 52.6 Å². The number of benzene rings is 3. The summed E-state index contributed by atoms with van der Waals surface area (Å²) >= 11 is 1.52. The third kappa shape index (κ3) is 6.67. The van der Waals surface area contributed by atoms with Gasteiger partial charge in [0.05, 0.1) is 4.92 Å². The molecular formula is C30H24ClN3O4S. The van der Waals surface area contributed by atoms with E-state index < -0.39 is 4.92 Å². The van der Waals surface area contributed by atoms with Crippen molar-refractivity contribution < 1.29 is 14.5 Å². The fraction of sp³-hybridized carbons (Fsp3) is 0.0667. The Balaban J connectivity index is 0.00000353. The minimum absolute atomic E-state index is 0. The number of nitrogens with one attached hydrogen (secondary N) is 1. The molecule has 1 amide bonds. The van der Waals surface area contributed by atoms with Crippen molar-refractivity contribution in [2.24, 2.45) is 0 Å². The Morgan fingerprint density at radius 3 is 2.41 bits per heavy atom. The Morgan fingerprint density at radius 2 is 1.69 bits per heavy atom. The van der Waals surface area contributed by atoms with Crippen molar-refractivity contribution >= 4 is 35.3 Å². The first-order valence-corrected chi connectivity index (χ1v) is 12.8. The topological polar surface area (TPSA) is 94.4 Å². The number of pyridine rings is 1. The van der Waals surface area contributed by atoms with Crippen LogP contribution in [-0.2, 0) is 13.2 Å². The Kier molecular flexibility index (Phi) is 9.04. The molecule has 196 valence electrons. The van der Waals surface area contributed by atoms with Crippen LogP contribution in [0.15, 0.2) is 109 Å². The molecule has 3 aromatic carbocycles. The van der Waals surface area contributed by atoms with Crippen molar-refractivity contribution in [2.75, 3.05) is 0 Å². The van der Waals surface area contributed by atoms with Gasteiger partial charge < -0.3 is 10.1 Å². The van der Waals surface area contributed by atoms with Gasteiger partial charge in [-0.3, -0.25) is 19.9 Å². The molecule has 5 rings (SSSR count). The molecule has 5 aromatic rings. The number of hydrogen-bond acceptors (Lipinski definition) is 6. The smallest absolute Gasteiger partial charge is 0.270 e. The van der Waals surface area contributed by atoms with E-state index in [-0.39, 0.29) is 24.0 Å². The molecule has 2 aromatic heterocycles. The molecule has 2 heterocycles. The molecule has 0 aliphatic carbocycles. The Morgan fingerprint density at radius 1 is 0.923 bits per heavy atom. The predicted molar refractivity (Wildman–Crippen MR) is 155 cm³/mol. The molecule has 1 N–H and O–H groups in total. The number of carbonyl (C=O) groups excluding carboxylic acids is 1. The second kappa shape index (κ2) is 12.8. The van der Waals surface area contributed by atoms with Crippen LogP contribution in [0.1, 0.15) is 21.5 Å². The molecule has 9 heteroatoms. The number of aromatic nitrogens is 1. The van der Waals surface area contributed by atoms with E-state index in [4.69, 9.17) is 4.74 Å². The molecule has 39 heavy (non-hydrogen) atoms. The van der Waals surface area contributed by atoms with Gasteiger partial charge in [-0.05, 0) is 52.4 Å². The molecule has 0 bridgehead atoms. The first-order valence-electron chi connectivity index (χ1n) is 11.9. The van der Waals surface area contributed by atoms with Crippen molar-refractivity contribution in [3.63, 3.8) is 0 Å². The minimum atomic E-state index is -0.407. The lowest BCUT2D eigenvalue weighted by molar-refractivity contribution is -0.384. The number of halogens is 1. The molecule has 7 nitrogen and oxygen atoms in total. The van der Waals surface area contributed by atoms with E-state index in [1.165, 1.54) is 17.4 Å². The standard InChI is InChI=1S/C30H23N3O4S.ClH/c34-30(32-19-22-7-4-15-31-18-22)24-10-8-23(9-11-24)29-26(14-16-38-29)27-17-25(33(35)36)12-13-28(27)37-20-21-5-2-1-3-6-21;/h1-18H,19-20H2,(H,32,34);1H. The molecule has 0 saturated heterocycles. The van der Waals surface area contributed by atoms with E-state index in [1.54, 1.807) is 36.7 Å². The van der Waals surface area contributed by atoms with E-state index in [9.17, 15) is 14.9 Å². The Hall–Kier alpha value is -4.53. The quantitative estimate of drug-likeness (QED) is 0.151. The van der Waals surface area contributed by atoms with Crippen LogP contribution in [0, 0.1) is 10.1 Å². The fourth-order valence-corrected chi connectivity index (χ4v) is 4.93. The number of nitro groups is 1. The van der Waals surface area contributed by atoms with Crippen LogP contribution >= 0.6 is 23.7 Å². The monoisotopic (exact) mass is 557 g/mol. The average molecular weight is 558 g/mol. The Labute approximate surface area is 235 Å². The van der Waals surface area contributed by atoms with Gasteiger partial charge in [0.1, 0.15) is 12.4 Å². The van der Waals surface area contributed by atoms with Crippen molar-refractivity contribution in [2.45, 2.75) is 13.2 Å². The van der Waals surface area contributed by atoms with Gasteiger partial charge in [-0.15, -0.1) is 23.7 Å². The summed E-state index contributed by atoms with van der Waals surface area (Å²) in [5, 5.41) is 16.4. The van der Waals surface area contributed by atoms with Crippen molar-refractivity contribution in [1.29, 1.82) is 0 Å². The number of amides is 1. The lowest BCUT2D eigenvalue weighted by atomic mass is 10.0. The summed E-state index contributed by atoms with van der Waals surface area (Å²) in [6, 6.07) is 27.4. The van der Waals surface area contributed by atoms with Crippen LogP contribution < -0.4 is 10.1 Å². The molecule has 0 radical (unpaired) electrons. The number of nitrogens with zero attached hydrogens (tertiary/aromatic N) is 2. The summed E-state index contributed by atoms with van der Waals surface area (Å²) in [6.07, 6.45) is 3.41. The first kappa shape index (κ1) is 27.5. The van der Waals surface area contributed by atoms with Crippen molar-refractivity contribution in [3.05, 3.63) is 136 Å². The zero-order valence-corrected chi connectivity index (χ0v) is 22.3. The van der Waals surface area contributed by atoms with Crippen LogP contribution in [0.5, 0.6) is 5.75 Å². The van der Waals surface area contributed by atoms with Crippen molar-refractivity contribution in [3.8, 4) is 27.3 Å². The van der Waals surface area contributed by atoms with Gasteiger partial charge >= 0.3 is 0 Å². The van der Waals surface area contributed by atoms with Gasteiger partial charge in [-0.1, -0.05) is 48.5 Å². The summed E-state index contributed by atoms with van der Waals surface area (Å²) < 4.78 is 6.11. The van der Waals surface area contributed by atoms with Gasteiger partial charge in [-0.25, -0.2) is 0 Å². The molecular weight excluding hydrogens is 534 g/mol. The van der Waals surface area contributed by atoms with Gasteiger partial charge in [-0.2, -0.15) is 0 Å². The maximum atomic E-state index is 12.6. The molecule has 0 atom stereocenters. The number of non-ortho nitro benzene ring substituents is 1. The number of hydrogen-bond donors (Lipinski definition) is 1. The summed E-state index contributed by atoms with van der Waals surface area (Å²) in [4.78, 5) is 28.8. The van der Waals surface area contributed by atoms with Crippen molar-refractivity contribution in [1.82, 2.24) is 10.3 Å². The highest BCUT2D eigenvalue weighted by atomic mass is 35.5. The number of rotatable bonds is 9. The van der Waals surface area contributed by atoms with Crippen LogP contribution in [0.4, 0.5) is 5.69 Å². The third-order valence-corrected chi connectivity index (χ3v) is 6.92. The number of ether oxygens (including phenoxy) is 1. The predicted octanol–water partition coefficient (Wildman–Crippen LogP) is 7.32. The van der Waals surface area contributed by atoms with Gasteiger partial charge in [0.15, 0.2) is 0 Å². The van der Waals surface area contributed by atoms with E-state index >= 15 is 0 Å². The van der Waals surface area contributed by atoms with Crippen LogP contribution in [0.3, 0.4) is 0 Å². The SMILES string of the molecule is Cl.O=C(NCc1cccnc1)c1ccc(-c2sccc2-c2cc([N+](=O)[O-])ccc2OCc2ccccc2)cc1. The second-order valence-electron chi connectivity index (χ2n) is 8.50. The van der Waals surface area contributed by atoms with E-state index in [2.05, 4.69) is 10.3 Å². The average Bonchev–Trinajstić information content (AvgIpc) is 3.46. The minimum Gasteiger partial charge on any atom is -0.488 e. The zero-order chi connectivity index (χ0) is 26.3. The fourth-order valence-electron chi connectivity index (χ4n) is 4.01. The normalized spacial score (nSPS) is 10.4. The lowest BCUT2D eigenvalue weighted by Gasteiger charge is -2.13. The number of thiophene rings is 1. The zero-order valence-electron chi connectivity index (χ0n) is 20.7. The van der Waals surface area contributed by atoms with E-state index in [0.29, 0.717) is 30.0 Å². The molecule has 0 aliphatic heterocycles. The summed E-state index contributed by atoms with van der Waals surface area (Å²) in [5.74, 6) is 0.382. The summed E-state index contributed by atoms with van der Waals surface area (Å²) in [7, 11) is 0. The maximum Gasteiger partial charge on any atom is 0.270 e. The summed E-state index contributed by atoms with van der Waals surface area (Å²) in [5.41, 5.74) is 4.82. The lowest BCUT2D eigenvalue weighted by Crippen LogP contribution is -2.22. The first-order chi connectivity index (χ1) is 18.6. The molecule has 0 spiro atoms. The highest BCUT2D eigenvalue weighted by Crippen LogP contribution is 2.42. The molecule has 0 fully saturated rings. The number of carbonyl (C=O) groups is 1. The summed E-state index contributed by atoms with van der Waals surface area (Å²) in [6.45, 7) is 0.732. The molecule has 0 saturated carbocycles. The highest BCUT2D eigenvalue weighted by Gasteiger charge is 2.18. The second-order valence-corrected chi connectivity index (χ2v) is 9.41. The largest absolute Gasteiger partial charge is 0.488 e. The Bertz CT molecular complexity index is 1560. The van der Waals surface area contributed by atoms with E-state index in [0.717, 1.165) is 27.1 Å². The molecule has 0 aliphatic rings. The van der Waals surface area contributed by atoms with E-state index in [1.807, 2.05) is 66.0 Å².